The predicted octanol–water partition coefficient (Wildman–Crippen LogP) is 2.82. The lowest BCUT2D eigenvalue weighted by atomic mass is 10.0. The van der Waals surface area contributed by atoms with Crippen LogP contribution in [0, 0.1) is 6.92 Å². The number of rotatable bonds is 5. The number of hydrogen-bond acceptors (Lipinski definition) is 5. The van der Waals surface area contributed by atoms with Gasteiger partial charge in [-0.15, -0.1) is 0 Å². The quantitative estimate of drug-likeness (QED) is 0.615. The summed E-state index contributed by atoms with van der Waals surface area (Å²) >= 11 is 1.52. The summed E-state index contributed by atoms with van der Waals surface area (Å²) in [6.07, 6.45) is 3.56. The van der Waals surface area contributed by atoms with E-state index in [0.29, 0.717) is 36.0 Å². The van der Waals surface area contributed by atoms with Gasteiger partial charge in [-0.25, -0.2) is 0 Å². The summed E-state index contributed by atoms with van der Waals surface area (Å²) in [5.74, 6) is 0.426. The van der Waals surface area contributed by atoms with E-state index in [2.05, 4.69) is 0 Å². The fraction of sp³-hybridized carbons (Fsp3) is 0.348. The molecule has 1 aliphatic carbocycles. The van der Waals surface area contributed by atoms with E-state index in [0.717, 1.165) is 24.1 Å². The highest BCUT2D eigenvalue weighted by molar-refractivity contribution is 7.08. The lowest BCUT2D eigenvalue weighted by Gasteiger charge is -2.39. The molecule has 0 aromatic carbocycles. The van der Waals surface area contributed by atoms with E-state index >= 15 is 0 Å². The van der Waals surface area contributed by atoms with Crippen LogP contribution in [0.2, 0.25) is 0 Å². The molecule has 7 nitrogen and oxygen atoms in total. The third-order valence-corrected chi connectivity index (χ3v) is 6.56. The zero-order chi connectivity index (χ0) is 21.7. The zero-order valence-electron chi connectivity index (χ0n) is 17.4. The maximum absolute atomic E-state index is 13.1. The van der Waals surface area contributed by atoms with Gasteiger partial charge in [0.2, 0.25) is 0 Å². The summed E-state index contributed by atoms with van der Waals surface area (Å²) in [7, 11) is 1.64. The van der Waals surface area contributed by atoms with Crippen LogP contribution < -0.4 is 15.9 Å². The van der Waals surface area contributed by atoms with Crippen LogP contribution in [0.4, 0.5) is 0 Å². The van der Waals surface area contributed by atoms with E-state index < -0.39 is 0 Å². The Balaban J connectivity index is 1.30. The molecule has 0 radical (unpaired) electrons. The van der Waals surface area contributed by atoms with Crippen molar-refractivity contribution in [1.29, 1.82) is 0 Å². The number of ether oxygens (including phenoxy) is 1. The van der Waals surface area contributed by atoms with E-state index in [4.69, 9.17) is 4.74 Å². The summed E-state index contributed by atoms with van der Waals surface area (Å²) in [6, 6.07) is 7.19. The van der Waals surface area contributed by atoms with E-state index in [1.165, 1.54) is 28.0 Å². The van der Waals surface area contributed by atoms with Gasteiger partial charge in [-0.05, 0) is 48.2 Å². The molecule has 8 heteroatoms. The first-order valence-corrected chi connectivity index (χ1v) is 11.3. The molecule has 0 bridgehead atoms. The Kier molecular flexibility index (Phi) is 4.81. The Labute approximate surface area is 183 Å². The molecule has 5 rings (SSSR count). The molecule has 2 fully saturated rings. The highest BCUT2D eigenvalue weighted by Gasteiger charge is 2.34. The molecule has 1 aliphatic heterocycles. The number of aromatic nitrogens is 2. The molecule has 0 unspecified atom stereocenters. The SMILES string of the molecule is Cc1cc(OC2CN(C(=O)c3cn(C)c(=O)cc3-c3ccsc3)C2)cc(=O)n1C1CC1. The molecule has 3 aromatic heterocycles. The van der Waals surface area contributed by atoms with E-state index in [-0.39, 0.29) is 23.1 Å². The second kappa shape index (κ2) is 7.53. The monoisotopic (exact) mass is 437 g/mol. The number of amides is 1. The number of nitrogens with zero attached hydrogens (tertiary/aromatic N) is 3. The maximum Gasteiger partial charge on any atom is 0.256 e. The van der Waals surface area contributed by atoms with Gasteiger partial charge in [0.15, 0.2) is 0 Å². The van der Waals surface area contributed by atoms with Gasteiger partial charge in [0.1, 0.15) is 11.9 Å². The van der Waals surface area contributed by atoms with Crippen molar-refractivity contribution in [2.24, 2.45) is 7.05 Å². The first kappa shape index (κ1) is 19.8. The van der Waals surface area contributed by atoms with E-state index in [1.807, 2.05) is 34.4 Å². The van der Waals surface area contributed by atoms with Crippen LogP contribution in [0.1, 0.15) is 34.9 Å². The number of carbonyl (C=O) groups excluding carboxylic acids is 1. The normalized spacial score (nSPS) is 16.3. The van der Waals surface area contributed by atoms with Crippen molar-refractivity contribution in [3.05, 3.63) is 73.2 Å². The molecule has 4 heterocycles. The van der Waals surface area contributed by atoms with Gasteiger partial charge in [0.25, 0.3) is 17.0 Å². The molecule has 31 heavy (non-hydrogen) atoms. The van der Waals surface area contributed by atoms with Crippen molar-refractivity contribution >= 4 is 17.2 Å². The van der Waals surface area contributed by atoms with Gasteiger partial charge in [-0.3, -0.25) is 14.4 Å². The summed E-state index contributed by atoms with van der Waals surface area (Å²) in [4.78, 5) is 39.4. The number of pyridine rings is 2. The van der Waals surface area contributed by atoms with Crippen molar-refractivity contribution < 1.29 is 9.53 Å². The standard InChI is InChI=1S/C23H23N3O4S/c1-14-7-17(8-22(28)26(14)16-3-4-16)30-18-10-25(11-18)23(29)20-12-24(2)21(27)9-19(20)15-5-6-31-13-15/h5-9,12-13,16,18H,3-4,10-11H2,1-2H3. The van der Waals surface area contributed by atoms with Crippen molar-refractivity contribution in [3.63, 3.8) is 0 Å². The highest BCUT2D eigenvalue weighted by Crippen LogP contribution is 2.35. The van der Waals surface area contributed by atoms with Gasteiger partial charge in [0, 0.05) is 42.7 Å². The lowest BCUT2D eigenvalue weighted by Crippen LogP contribution is -2.56. The molecule has 1 amide bonds. The Morgan fingerprint density at radius 3 is 2.55 bits per heavy atom. The number of thiophene rings is 1. The molecule has 1 saturated carbocycles. The van der Waals surface area contributed by atoms with Crippen LogP contribution in [0.15, 0.2) is 50.8 Å². The molecule has 3 aromatic rings. The number of likely N-dealkylation sites (tertiary alicyclic amines) is 1. The summed E-state index contributed by atoms with van der Waals surface area (Å²) in [5.41, 5.74) is 2.74. The highest BCUT2D eigenvalue weighted by atomic mass is 32.1. The topological polar surface area (TPSA) is 73.5 Å². The minimum absolute atomic E-state index is 0.0321. The first-order chi connectivity index (χ1) is 14.9. The van der Waals surface area contributed by atoms with Crippen LogP contribution in [0.3, 0.4) is 0 Å². The minimum atomic E-state index is -0.156. The zero-order valence-corrected chi connectivity index (χ0v) is 18.2. The predicted molar refractivity (Wildman–Crippen MR) is 119 cm³/mol. The van der Waals surface area contributed by atoms with Gasteiger partial charge >= 0.3 is 0 Å². The smallest absolute Gasteiger partial charge is 0.256 e. The van der Waals surface area contributed by atoms with Crippen LogP contribution in [-0.4, -0.2) is 39.1 Å². The van der Waals surface area contributed by atoms with Gasteiger partial charge < -0.3 is 18.8 Å². The third kappa shape index (κ3) is 3.72. The Morgan fingerprint density at radius 1 is 1.13 bits per heavy atom. The Morgan fingerprint density at radius 2 is 1.90 bits per heavy atom. The average Bonchev–Trinajstić information content (AvgIpc) is 3.36. The summed E-state index contributed by atoms with van der Waals surface area (Å²) in [6.45, 7) is 2.81. The second-order valence-corrected chi connectivity index (χ2v) is 9.06. The molecular formula is C23H23N3O4S. The van der Waals surface area contributed by atoms with Crippen molar-refractivity contribution in [2.45, 2.75) is 31.9 Å². The number of carbonyl (C=O) groups is 1. The Bertz CT molecular complexity index is 1260. The van der Waals surface area contributed by atoms with Gasteiger partial charge in [-0.2, -0.15) is 11.3 Å². The summed E-state index contributed by atoms with van der Waals surface area (Å²) < 4.78 is 9.22. The van der Waals surface area contributed by atoms with E-state index in [1.54, 1.807) is 18.1 Å². The van der Waals surface area contributed by atoms with Crippen molar-refractivity contribution in [1.82, 2.24) is 14.0 Å². The molecule has 2 aliphatic rings. The second-order valence-electron chi connectivity index (χ2n) is 8.28. The molecular weight excluding hydrogens is 414 g/mol. The maximum atomic E-state index is 13.1. The summed E-state index contributed by atoms with van der Waals surface area (Å²) in [5, 5.41) is 3.85. The molecule has 0 atom stereocenters. The fourth-order valence-electron chi connectivity index (χ4n) is 4.05. The van der Waals surface area contributed by atoms with Crippen LogP contribution >= 0.6 is 11.3 Å². The van der Waals surface area contributed by atoms with Crippen molar-refractivity contribution in [2.75, 3.05) is 13.1 Å². The van der Waals surface area contributed by atoms with E-state index in [9.17, 15) is 14.4 Å². The minimum Gasteiger partial charge on any atom is -0.486 e. The van der Waals surface area contributed by atoms with Crippen LogP contribution in [-0.2, 0) is 7.05 Å². The van der Waals surface area contributed by atoms with Gasteiger partial charge in [0.05, 0.1) is 18.7 Å². The fourth-order valence-corrected chi connectivity index (χ4v) is 4.70. The molecule has 1 saturated heterocycles. The molecule has 160 valence electrons. The molecule has 0 spiro atoms. The van der Waals surface area contributed by atoms with Gasteiger partial charge in [-0.1, -0.05) is 0 Å². The van der Waals surface area contributed by atoms with Crippen LogP contribution in [0.5, 0.6) is 5.75 Å². The number of hydrogen-bond donors (Lipinski definition) is 0. The lowest BCUT2D eigenvalue weighted by molar-refractivity contribution is 0.0176. The average molecular weight is 438 g/mol. The molecule has 0 N–H and O–H groups in total. The van der Waals surface area contributed by atoms with Crippen LogP contribution in [0.25, 0.3) is 11.1 Å². The third-order valence-electron chi connectivity index (χ3n) is 5.88. The van der Waals surface area contributed by atoms with Crippen molar-refractivity contribution in [3.8, 4) is 16.9 Å². The Hall–Kier alpha value is -3.13. The largest absolute Gasteiger partial charge is 0.486 e. The number of aryl methyl sites for hydroxylation is 2. The first-order valence-electron chi connectivity index (χ1n) is 10.3.